The zero-order chi connectivity index (χ0) is 16.7. The number of phenolic OH excluding ortho intramolecular Hbond substituents is 2. The van der Waals surface area contributed by atoms with E-state index in [0.29, 0.717) is 33.7 Å². The van der Waals surface area contributed by atoms with Crippen LogP contribution in [0.3, 0.4) is 0 Å². The molecule has 0 bridgehead atoms. The minimum Gasteiger partial charge on any atom is -0.507 e. The number of ketones is 1. The van der Waals surface area contributed by atoms with Crippen molar-refractivity contribution in [3.05, 3.63) is 69.3 Å². The van der Waals surface area contributed by atoms with Gasteiger partial charge in [0.15, 0.2) is 5.78 Å². The van der Waals surface area contributed by atoms with Crippen molar-refractivity contribution in [2.75, 3.05) is 0 Å². The summed E-state index contributed by atoms with van der Waals surface area (Å²) in [5, 5.41) is 21.5. The summed E-state index contributed by atoms with van der Waals surface area (Å²) in [5.74, 6) is -0.435. The van der Waals surface area contributed by atoms with Gasteiger partial charge in [-0.1, -0.05) is 42.8 Å². The van der Waals surface area contributed by atoms with Crippen LogP contribution in [0.15, 0.2) is 36.4 Å². The molecule has 0 radical (unpaired) electrons. The molecule has 0 aliphatic heterocycles. The molecule has 0 saturated carbocycles. The van der Waals surface area contributed by atoms with E-state index in [4.69, 9.17) is 11.6 Å². The highest BCUT2D eigenvalue weighted by molar-refractivity contribution is 6.35. The van der Waals surface area contributed by atoms with Crippen LogP contribution in [0, 0.1) is 6.92 Å². The Hall–Kier alpha value is -2.26. The Morgan fingerprint density at radius 3 is 2.61 bits per heavy atom. The van der Waals surface area contributed by atoms with Gasteiger partial charge in [0.25, 0.3) is 0 Å². The first-order valence-corrected chi connectivity index (χ1v) is 7.84. The standard InChI is InChI=1S/C19H17ClO3/c1-10-6-5-8-13-15(10)19(23)16(11(2)17(13)21)18(22)12-7-3-4-9-14(12)20/h3-7,9-10,21,23H,8H2,1-2H3. The molecule has 118 valence electrons. The van der Waals surface area contributed by atoms with Crippen molar-refractivity contribution in [1.29, 1.82) is 0 Å². The molecule has 3 nitrogen and oxygen atoms in total. The number of aromatic hydroxyl groups is 2. The number of hydrogen-bond acceptors (Lipinski definition) is 3. The summed E-state index contributed by atoms with van der Waals surface area (Å²) in [6.07, 6.45) is 4.46. The van der Waals surface area contributed by atoms with Crippen LogP contribution in [-0.2, 0) is 6.42 Å². The highest BCUT2D eigenvalue weighted by Crippen LogP contribution is 2.44. The Morgan fingerprint density at radius 1 is 1.22 bits per heavy atom. The summed E-state index contributed by atoms with van der Waals surface area (Å²) < 4.78 is 0. The molecule has 2 aromatic carbocycles. The first kappa shape index (κ1) is 15.6. The second-order valence-corrected chi connectivity index (χ2v) is 6.23. The number of carbonyl (C=O) groups is 1. The van der Waals surface area contributed by atoms with E-state index in [9.17, 15) is 15.0 Å². The normalized spacial score (nSPS) is 16.2. The Kier molecular flexibility index (Phi) is 3.90. The summed E-state index contributed by atoms with van der Waals surface area (Å²) in [6, 6.07) is 6.70. The number of fused-ring (bicyclic) bond motifs is 1. The van der Waals surface area contributed by atoms with Crippen LogP contribution in [0.5, 0.6) is 11.5 Å². The molecule has 0 heterocycles. The van der Waals surface area contributed by atoms with Gasteiger partial charge in [0.1, 0.15) is 11.5 Å². The largest absolute Gasteiger partial charge is 0.507 e. The Morgan fingerprint density at radius 2 is 1.91 bits per heavy atom. The molecule has 4 heteroatoms. The number of allylic oxidation sites excluding steroid dienone is 2. The molecule has 0 amide bonds. The van der Waals surface area contributed by atoms with Crippen LogP contribution >= 0.6 is 11.6 Å². The fraction of sp³-hybridized carbons (Fsp3) is 0.211. The van der Waals surface area contributed by atoms with Crippen LogP contribution < -0.4 is 0 Å². The average Bonchev–Trinajstić information content (AvgIpc) is 2.53. The fourth-order valence-electron chi connectivity index (χ4n) is 3.17. The maximum Gasteiger partial charge on any atom is 0.198 e. The molecule has 1 aliphatic rings. The number of phenols is 2. The lowest BCUT2D eigenvalue weighted by Crippen LogP contribution is -2.11. The van der Waals surface area contributed by atoms with Gasteiger partial charge in [0.05, 0.1) is 10.6 Å². The third kappa shape index (κ3) is 2.41. The van der Waals surface area contributed by atoms with Gasteiger partial charge >= 0.3 is 0 Å². The second-order valence-electron chi connectivity index (χ2n) is 5.82. The molecule has 23 heavy (non-hydrogen) atoms. The maximum absolute atomic E-state index is 12.9. The summed E-state index contributed by atoms with van der Waals surface area (Å²) in [6.45, 7) is 3.56. The maximum atomic E-state index is 12.9. The number of halogens is 1. The van der Waals surface area contributed by atoms with Crippen molar-refractivity contribution in [2.45, 2.75) is 26.2 Å². The quantitative estimate of drug-likeness (QED) is 0.484. The van der Waals surface area contributed by atoms with E-state index in [1.54, 1.807) is 31.2 Å². The van der Waals surface area contributed by atoms with E-state index in [1.807, 2.05) is 19.1 Å². The molecule has 0 aromatic heterocycles. The molecule has 2 aromatic rings. The Bertz CT molecular complexity index is 837. The fourth-order valence-corrected chi connectivity index (χ4v) is 3.39. The van der Waals surface area contributed by atoms with Crippen molar-refractivity contribution in [1.82, 2.24) is 0 Å². The number of benzene rings is 2. The smallest absolute Gasteiger partial charge is 0.198 e. The van der Waals surface area contributed by atoms with Gasteiger partial charge in [-0.15, -0.1) is 0 Å². The van der Waals surface area contributed by atoms with E-state index in [0.717, 1.165) is 0 Å². The highest BCUT2D eigenvalue weighted by Gasteiger charge is 2.29. The van der Waals surface area contributed by atoms with Crippen LogP contribution in [0.2, 0.25) is 5.02 Å². The van der Waals surface area contributed by atoms with Crippen LogP contribution in [0.25, 0.3) is 0 Å². The monoisotopic (exact) mass is 328 g/mol. The minimum absolute atomic E-state index is 0.0583. The van der Waals surface area contributed by atoms with E-state index >= 15 is 0 Å². The predicted molar refractivity (Wildman–Crippen MR) is 90.7 cm³/mol. The van der Waals surface area contributed by atoms with Gasteiger partial charge < -0.3 is 10.2 Å². The topological polar surface area (TPSA) is 57.5 Å². The van der Waals surface area contributed by atoms with Gasteiger partial charge in [0, 0.05) is 28.2 Å². The molecule has 1 atom stereocenters. The van der Waals surface area contributed by atoms with E-state index in [1.165, 1.54) is 0 Å². The Balaban J connectivity index is 2.26. The van der Waals surface area contributed by atoms with Gasteiger partial charge in [0.2, 0.25) is 0 Å². The molecular formula is C19H17ClO3. The van der Waals surface area contributed by atoms with Crippen molar-refractivity contribution in [3.63, 3.8) is 0 Å². The molecule has 1 aliphatic carbocycles. The van der Waals surface area contributed by atoms with Gasteiger partial charge in [-0.3, -0.25) is 4.79 Å². The molecule has 1 unspecified atom stereocenters. The molecular weight excluding hydrogens is 312 g/mol. The van der Waals surface area contributed by atoms with Gasteiger partial charge in [-0.25, -0.2) is 0 Å². The predicted octanol–water partition coefficient (Wildman–Crippen LogP) is 4.51. The van der Waals surface area contributed by atoms with Crippen molar-refractivity contribution in [2.24, 2.45) is 0 Å². The zero-order valence-corrected chi connectivity index (χ0v) is 13.7. The summed E-state index contributed by atoms with van der Waals surface area (Å²) in [7, 11) is 0. The first-order valence-electron chi connectivity index (χ1n) is 7.46. The highest BCUT2D eigenvalue weighted by atomic mass is 35.5. The number of hydrogen-bond donors (Lipinski definition) is 2. The number of rotatable bonds is 2. The van der Waals surface area contributed by atoms with Crippen LogP contribution in [-0.4, -0.2) is 16.0 Å². The molecule has 3 rings (SSSR count). The Labute approximate surface area is 139 Å². The second kappa shape index (κ2) is 5.74. The summed E-state index contributed by atoms with van der Waals surface area (Å²) >= 11 is 6.11. The van der Waals surface area contributed by atoms with Crippen molar-refractivity contribution >= 4 is 17.4 Å². The third-order valence-corrected chi connectivity index (χ3v) is 4.71. The van der Waals surface area contributed by atoms with Crippen molar-refractivity contribution in [3.8, 4) is 11.5 Å². The third-order valence-electron chi connectivity index (χ3n) is 4.38. The molecule has 0 saturated heterocycles. The number of carbonyl (C=O) groups excluding carboxylic acids is 1. The first-order chi connectivity index (χ1) is 10.9. The van der Waals surface area contributed by atoms with E-state index < -0.39 is 0 Å². The van der Waals surface area contributed by atoms with Crippen LogP contribution in [0.1, 0.15) is 45.5 Å². The van der Waals surface area contributed by atoms with E-state index in [2.05, 4.69) is 0 Å². The van der Waals surface area contributed by atoms with Crippen molar-refractivity contribution < 1.29 is 15.0 Å². The summed E-state index contributed by atoms with van der Waals surface area (Å²) in [4.78, 5) is 12.9. The molecule has 2 N–H and O–H groups in total. The lowest BCUT2D eigenvalue weighted by atomic mass is 9.82. The molecule has 0 spiro atoms. The van der Waals surface area contributed by atoms with Gasteiger partial charge in [-0.2, -0.15) is 0 Å². The zero-order valence-electron chi connectivity index (χ0n) is 12.9. The average molecular weight is 329 g/mol. The molecule has 0 fully saturated rings. The lowest BCUT2D eigenvalue weighted by molar-refractivity contribution is 0.103. The van der Waals surface area contributed by atoms with Gasteiger partial charge in [-0.05, 0) is 25.5 Å². The van der Waals surface area contributed by atoms with E-state index in [-0.39, 0.29) is 28.8 Å². The van der Waals surface area contributed by atoms with Crippen LogP contribution in [0.4, 0.5) is 0 Å². The lowest BCUT2D eigenvalue weighted by Gasteiger charge is -2.24. The SMILES string of the molecule is Cc1c(O)c2c(c(O)c1C(=O)c1ccccc1Cl)C(C)C=CC2. The minimum atomic E-state index is -0.384. The summed E-state index contributed by atoms with van der Waals surface area (Å²) in [5.41, 5.74) is 2.12.